The second-order valence-electron chi connectivity index (χ2n) is 3.18. The van der Waals surface area contributed by atoms with E-state index in [1.165, 1.54) is 0 Å². The van der Waals surface area contributed by atoms with Crippen LogP contribution >= 0.6 is 23.5 Å². The van der Waals surface area contributed by atoms with Crippen molar-refractivity contribution in [3.8, 4) is 0 Å². The third-order valence-electron chi connectivity index (χ3n) is 1.97. The normalized spacial score (nSPS) is 12.2. The van der Waals surface area contributed by atoms with Crippen LogP contribution in [0.5, 0.6) is 0 Å². The Morgan fingerprint density at radius 3 is 2.00 bits per heavy atom. The minimum atomic E-state index is 0.0242. The predicted octanol–water partition coefficient (Wildman–Crippen LogP) is 1.56. The van der Waals surface area contributed by atoms with Crippen LogP contribution in [0.3, 0.4) is 0 Å². The first-order chi connectivity index (χ1) is 9.55. The largest absolute Gasteiger partial charge is 0.397 e. The van der Waals surface area contributed by atoms with Crippen molar-refractivity contribution in [3.05, 3.63) is 12.1 Å². The summed E-state index contributed by atoms with van der Waals surface area (Å²) >= 11 is 2.03. The molecule has 1 aromatic rings. The summed E-state index contributed by atoms with van der Waals surface area (Å²) in [6, 6.07) is 3.26. The van der Waals surface area contributed by atoms with Crippen LogP contribution in [0, 0.1) is 11.1 Å². The highest BCUT2D eigenvalue weighted by molar-refractivity contribution is 8.14. The monoisotopic (exact) mass is 312 g/mol. The minimum Gasteiger partial charge on any atom is -0.397 e. The molecular formula is C8H12N10S2. The molecule has 20 heavy (non-hydrogen) atoms. The molecule has 0 spiro atoms. The summed E-state index contributed by atoms with van der Waals surface area (Å²) in [4.78, 5) is 1.15. The van der Waals surface area contributed by atoms with Crippen molar-refractivity contribution in [2.24, 2.45) is 32.1 Å². The van der Waals surface area contributed by atoms with Crippen LogP contribution < -0.4 is 23.2 Å². The maximum absolute atomic E-state index is 6.90. The Morgan fingerprint density at radius 1 is 0.950 bits per heavy atom. The summed E-state index contributed by atoms with van der Waals surface area (Å²) in [5.41, 5.74) is 26.1. The number of anilines is 2. The summed E-state index contributed by atoms with van der Waals surface area (Å²) in [5, 5.41) is 13.0. The number of hydrazone groups is 2. The van der Waals surface area contributed by atoms with Gasteiger partial charge in [0, 0.05) is 9.79 Å². The molecule has 12 heteroatoms. The number of nitrogens with two attached hydrogens (primary N) is 4. The van der Waals surface area contributed by atoms with E-state index in [4.69, 9.17) is 34.2 Å². The maximum atomic E-state index is 6.90. The molecule has 0 heterocycles. The first-order valence-corrected chi connectivity index (χ1v) is 6.54. The molecule has 0 saturated heterocycles. The van der Waals surface area contributed by atoms with Crippen LogP contribution in [0.25, 0.3) is 0 Å². The molecule has 10 N–H and O–H groups in total. The molecule has 0 bridgehead atoms. The molecule has 0 saturated carbocycles. The molecule has 0 radical (unpaired) electrons. The van der Waals surface area contributed by atoms with Crippen LogP contribution in [0.4, 0.5) is 11.4 Å². The standard InChI is InChI=1S/C8H12N10S2/c9-4-1-3(19-7(15-11)16-12)2-5(6(4)10)20-8(17-13)18-14/h1-2,11,13H,9-10,12,14H2. The molecule has 0 aromatic heterocycles. The van der Waals surface area contributed by atoms with E-state index in [2.05, 4.69) is 20.4 Å². The van der Waals surface area contributed by atoms with Gasteiger partial charge in [-0.05, 0) is 35.7 Å². The number of amidine groups is 2. The molecule has 10 nitrogen and oxygen atoms in total. The number of hydrogen-bond donors (Lipinski definition) is 6. The number of rotatable bonds is 2. The average Bonchev–Trinajstić information content (AvgIpc) is 2.46. The van der Waals surface area contributed by atoms with Gasteiger partial charge in [0.2, 0.25) is 10.3 Å². The van der Waals surface area contributed by atoms with E-state index in [9.17, 15) is 0 Å². The molecule has 1 aromatic carbocycles. The van der Waals surface area contributed by atoms with Crippen LogP contribution in [0.1, 0.15) is 0 Å². The molecule has 0 fully saturated rings. The molecule has 106 valence electrons. The third kappa shape index (κ3) is 3.83. The van der Waals surface area contributed by atoms with Gasteiger partial charge in [0.15, 0.2) is 0 Å². The Balaban J connectivity index is 3.15. The first-order valence-electron chi connectivity index (χ1n) is 4.91. The Kier molecular flexibility index (Phi) is 5.74. The zero-order valence-electron chi connectivity index (χ0n) is 10.1. The van der Waals surface area contributed by atoms with Gasteiger partial charge in [-0.15, -0.1) is 10.2 Å². The average molecular weight is 312 g/mol. The van der Waals surface area contributed by atoms with Crippen LogP contribution in [0.2, 0.25) is 0 Å². The lowest BCUT2D eigenvalue weighted by Gasteiger charge is -2.09. The van der Waals surface area contributed by atoms with Gasteiger partial charge in [-0.1, -0.05) is 0 Å². The Bertz CT molecular complexity index is 581. The smallest absolute Gasteiger partial charge is 0.230 e. The molecular weight excluding hydrogens is 300 g/mol. The Hall–Kier alpha value is -2.34. The van der Waals surface area contributed by atoms with E-state index in [0.717, 1.165) is 23.5 Å². The lowest BCUT2D eigenvalue weighted by Crippen LogP contribution is -2.00. The van der Waals surface area contributed by atoms with Crippen molar-refractivity contribution < 1.29 is 0 Å². The van der Waals surface area contributed by atoms with E-state index in [0.29, 0.717) is 21.2 Å². The molecule has 0 aliphatic heterocycles. The van der Waals surface area contributed by atoms with Gasteiger partial charge >= 0.3 is 0 Å². The number of nitrogen functional groups attached to an aromatic ring is 2. The summed E-state index contributed by atoms with van der Waals surface area (Å²) in [6.45, 7) is 0. The second kappa shape index (κ2) is 7.30. The third-order valence-corrected chi connectivity index (χ3v) is 3.76. The van der Waals surface area contributed by atoms with Crippen molar-refractivity contribution in [1.82, 2.24) is 0 Å². The summed E-state index contributed by atoms with van der Waals surface area (Å²) in [5.74, 6) is 10.2. The quantitative estimate of drug-likeness (QED) is 0.0908. The van der Waals surface area contributed by atoms with Crippen molar-refractivity contribution in [2.75, 3.05) is 11.5 Å². The number of nitrogens with zero attached hydrogens (tertiary/aromatic N) is 4. The zero-order valence-corrected chi connectivity index (χ0v) is 11.7. The van der Waals surface area contributed by atoms with Gasteiger partial charge in [-0.2, -0.15) is 10.2 Å². The van der Waals surface area contributed by atoms with E-state index in [1.54, 1.807) is 12.1 Å². The van der Waals surface area contributed by atoms with Crippen LogP contribution in [-0.4, -0.2) is 10.3 Å². The van der Waals surface area contributed by atoms with Gasteiger partial charge in [-0.3, -0.25) is 0 Å². The van der Waals surface area contributed by atoms with Gasteiger partial charge < -0.3 is 23.2 Å². The molecule has 0 unspecified atom stereocenters. The minimum absolute atomic E-state index is 0.0242. The van der Waals surface area contributed by atoms with Crippen molar-refractivity contribution in [3.63, 3.8) is 0 Å². The van der Waals surface area contributed by atoms with Crippen molar-refractivity contribution >= 4 is 45.2 Å². The number of hydrogen-bond acceptors (Lipinski definition) is 10. The van der Waals surface area contributed by atoms with Crippen LogP contribution in [0.15, 0.2) is 42.4 Å². The fourth-order valence-electron chi connectivity index (χ4n) is 1.13. The van der Waals surface area contributed by atoms with E-state index in [-0.39, 0.29) is 10.3 Å². The summed E-state index contributed by atoms with van der Waals surface area (Å²) in [6.07, 6.45) is 0. The van der Waals surface area contributed by atoms with Gasteiger partial charge in [0.25, 0.3) is 0 Å². The first kappa shape index (κ1) is 15.7. The van der Waals surface area contributed by atoms with E-state index < -0.39 is 0 Å². The second-order valence-corrected chi connectivity index (χ2v) is 5.23. The SMILES string of the molecule is N=NC(=NN)Sc1cc(N)c(N)c(SC(N=N)=NN)c1. The Morgan fingerprint density at radius 2 is 1.50 bits per heavy atom. The predicted molar refractivity (Wildman–Crippen MR) is 80.5 cm³/mol. The van der Waals surface area contributed by atoms with Gasteiger partial charge in [0.1, 0.15) is 0 Å². The highest BCUT2D eigenvalue weighted by atomic mass is 32.2. The highest BCUT2D eigenvalue weighted by Gasteiger charge is 2.12. The van der Waals surface area contributed by atoms with E-state index >= 15 is 0 Å². The summed E-state index contributed by atoms with van der Waals surface area (Å²) < 4.78 is 0. The fraction of sp³-hybridized carbons (Fsp3) is 0. The summed E-state index contributed by atoms with van der Waals surface area (Å²) in [7, 11) is 0. The Labute approximate surface area is 122 Å². The van der Waals surface area contributed by atoms with Crippen LogP contribution in [-0.2, 0) is 0 Å². The lowest BCUT2D eigenvalue weighted by atomic mass is 10.3. The number of benzene rings is 1. The molecule has 0 atom stereocenters. The fourth-order valence-corrected chi connectivity index (χ4v) is 2.58. The van der Waals surface area contributed by atoms with E-state index in [1.807, 2.05) is 0 Å². The number of nitrogens with one attached hydrogen (secondary N) is 2. The van der Waals surface area contributed by atoms with Gasteiger partial charge in [0.05, 0.1) is 11.4 Å². The molecule has 1 rings (SSSR count). The maximum Gasteiger partial charge on any atom is 0.230 e. The number of thioether (sulfide) groups is 2. The molecule has 0 aliphatic rings. The lowest BCUT2D eigenvalue weighted by molar-refractivity contribution is 1.16. The topological polar surface area (TPSA) is 201 Å². The molecule has 0 aliphatic carbocycles. The van der Waals surface area contributed by atoms with Crippen molar-refractivity contribution in [2.45, 2.75) is 9.79 Å². The highest BCUT2D eigenvalue weighted by Crippen LogP contribution is 2.36. The molecule has 0 amide bonds. The van der Waals surface area contributed by atoms with Gasteiger partial charge in [-0.25, -0.2) is 11.1 Å². The zero-order chi connectivity index (χ0) is 15.1. The van der Waals surface area contributed by atoms with Crippen molar-refractivity contribution in [1.29, 1.82) is 11.1 Å².